The molecule has 4 heteroatoms. The third-order valence-electron chi connectivity index (χ3n) is 2.54. The van der Waals surface area contributed by atoms with E-state index in [9.17, 15) is 5.11 Å². The summed E-state index contributed by atoms with van der Waals surface area (Å²) in [7, 11) is 0. The molecular weight excluding hydrogens is 180 g/mol. The van der Waals surface area contributed by atoms with Crippen LogP contribution in [0, 0.1) is 0 Å². The van der Waals surface area contributed by atoms with Crippen molar-refractivity contribution in [1.29, 1.82) is 0 Å². The van der Waals surface area contributed by atoms with Gasteiger partial charge in [-0.1, -0.05) is 0 Å². The first-order valence-electron chi connectivity index (χ1n) is 4.86. The lowest BCUT2D eigenvalue weighted by Gasteiger charge is -2.17. The molecule has 0 aliphatic carbocycles. The number of aromatic nitrogens is 2. The molecule has 3 unspecified atom stereocenters. The topological polar surface area (TPSA) is 55.2 Å². The van der Waals surface area contributed by atoms with Crippen LogP contribution in [0.3, 0.4) is 0 Å². The number of hydrogen-bond donors (Lipinski definition) is 1. The molecule has 1 N–H and O–H groups in total. The minimum atomic E-state index is -0.596. The zero-order valence-electron chi connectivity index (χ0n) is 8.13. The van der Waals surface area contributed by atoms with Gasteiger partial charge in [0, 0.05) is 18.0 Å². The monoisotopic (exact) mass is 194 g/mol. The predicted molar refractivity (Wildman–Crippen MR) is 50.6 cm³/mol. The van der Waals surface area contributed by atoms with Crippen molar-refractivity contribution in [1.82, 2.24) is 9.97 Å². The number of hydrogen-bond acceptors (Lipinski definition) is 4. The molecule has 0 bridgehead atoms. The zero-order valence-corrected chi connectivity index (χ0v) is 8.13. The molecule has 0 saturated carbocycles. The quantitative estimate of drug-likeness (QED) is 0.765. The number of rotatable bonds is 2. The molecular formula is C10H14N2O2. The summed E-state index contributed by atoms with van der Waals surface area (Å²) in [4.78, 5) is 7.74. The Morgan fingerprint density at radius 3 is 2.71 bits per heavy atom. The van der Waals surface area contributed by atoms with Crippen LogP contribution in [-0.4, -0.2) is 27.3 Å². The molecule has 1 aliphatic rings. The van der Waals surface area contributed by atoms with Crippen LogP contribution in [0.25, 0.3) is 0 Å². The predicted octanol–water partition coefficient (Wildman–Crippen LogP) is 1.08. The molecule has 4 nitrogen and oxygen atoms in total. The van der Waals surface area contributed by atoms with Gasteiger partial charge in [-0.2, -0.15) is 0 Å². The van der Waals surface area contributed by atoms with Gasteiger partial charge >= 0.3 is 0 Å². The molecule has 1 fully saturated rings. The van der Waals surface area contributed by atoms with Crippen molar-refractivity contribution in [3.05, 3.63) is 24.3 Å². The maximum atomic E-state index is 9.93. The van der Waals surface area contributed by atoms with Crippen molar-refractivity contribution in [3.63, 3.8) is 0 Å². The standard InChI is InChI=1S/C10H14N2O2/c1-7-2-3-9(14-7)10(13)8-4-11-6-12-5-8/h4-7,9-10,13H,2-3H2,1H3. The first-order chi connectivity index (χ1) is 6.77. The lowest BCUT2D eigenvalue weighted by atomic mass is 10.1. The number of aliphatic hydroxyl groups is 1. The Morgan fingerprint density at radius 2 is 2.14 bits per heavy atom. The van der Waals surface area contributed by atoms with Crippen LogP contribution in [0.4, 0.5) is 0 Å². The highest BCUT2D eigenvalue weighted by atomic mass is 16.5. The van der Waals surface area contributed by atoms with Crippen LogP contribution in [-0.2, 0) is 4.74 Å². The maximum absolute atomic E-state index is 9.93. The van der Waals surface area contributed by atoms with E-state index in [-0.39, 0.29) is 12.2 Å². The Labute approximate surface area is 83.0 Å². The first-order valence-corrected chi connectivity index (χ1v) is 4.86. The van der Waals surface area contributed by atoms with E-state index in [0.29, 0.717) is 0 Å². The van der Waals surface area contributed by atoms with Crippen LogP contribution in [0.15, 0.2) is 18.7 Å². The Kier molecular flexibility index (Phi) is 2.74. The Hall–Kier alpha value is -1.00. The van der Waals surface area contributed by atoms with Gasteiger partial charge in [-0.3, -0.25) is 0 Å². The summed E-state index contributed by atoms with van der Waals surface area (Å²) < 4.78 is 5.57. The van der Waals surface area contributed by atoms with Gasteiger partial charge in [0.1, 0.15) is 12.4 Å². The largest absolute Gasteiger partial charge is 0.386 e. The molecule has 1 saturated heterocycles. The SMILES string of the molecule is CC1CCC(C(O)c2cncnc2)O1. The minimum Gasteiger partial charge on any atom is -0.386 e. The molecule has 1 aromatic heterocycles. The fourth-order valence-corrected chi connectivity index (χ4v) is 1.74. The zero-order chi connectivity index (χ0) is 9.97. The lowest BCUT2D eigenvalue weighted by Crippen LogP contribution is -2.18. The molecule has 1 aliphatic heterocycles. The van der Waals surface area contributed by atoms with Gasteiger partial charge in [-0.15, -0.1) is 0 Å². The number of ether oxygens (including phenoxy) is 1. The van der Waals surface area contributed by atoms with Gasteiger partial charge in [0.2, 0.25) is 0 Å². The second kappa shape index (κ2) is 4.02. The van der Waals surface area contributed by atoms with E-state index in [2.05, 4.69) is 9.97 Å². The summed E-state index contributed by atoms with van der Waals surface area (Å²) >= 11 is 0. The van der Waals surface area contributed by atoms with Crippen molar-refractivity contribution in [2.24, 2.45) is 0 Å². The van der Waals surface area contributed by atoms with Crippen molar-refractivity contribution in [3.8, 4) is 0 Å². The van der Waals surface area contributed by atoms with E-state index >= 15 is 0 Å². The van der Waals surface area contributed by atoms with E-state index in [0.717, 1.165) is 18.4 Å². The summed E-state index contributed by atoms with van der Waals surface area (Å²) in [6, 6.07) is 0. The summed E-state index contributed by atoms with van der Waals surface area (Å²) in [5.74, 6) is 0. The van der Waals surface area contributed by atoms with Gasteiger partial charge < -0.3 is 9.84 Å². The molecule has 2 rings (SSSR count). The highest BCUT2D eigenvalue weighted by molar-refractivity contribution is 5.09. The first kappa shape index (κ1) is 9.55. The Balaban J connectivity index is 2.05. The van der Waals surface area contributed by atoms with Crippen LogP contribution in [0.2, 0.25) is 0 Å². The van der Waals surface area contributed by atoms with Gasteiger partial charge in [0.05, 0.1) is 12.2 Å². The fourth-order valence-electron chi connectivity index (χ4n) is 1.74. The molecule has 76 valence electrons. The highest BCUT2D eigenvalue weighted by Gasteiger charge is 2.29. The second-order valence-corrected chi connectivity index (χ2v) is 3.68. The van der Waals surface area contributed by atoms with Gasteiger partial charge in [-0.25, -0.2) is 9.97 Å². The third-order valence-corrected chi connectivity index (χ3v) is 2.54. The number of nitrogens with zero attached hydrogens (tertiary/aromatic N) is 2. The molecule has 0 amide bonds. The summed E-state index contributed by atoms with van der Waals surface area (Å²) in [6.45, 7) is 2.02. The highest BCUT2D eigenvalue weighted by Crippen LogP contribution is 2.29. The molecule has 14 heavy (non-hydrogen) atoms. The Morgan fingerprint density at radius 1 is 1.43 bits per heavy atom. The van der Waals surface area contributed by atoms with Crippen molar-refractivity contribution >= 4 is 0 Å². The van der Waals surface area contributed by atoms with E-state index in [1.165, 1.54) is 6.33 Å². The van der Waals surface area contributed by atoms with Crippen LogP contribution in [0.1, 0.15) is 31.4 Å². The average molecular weight is 194 g/mol. The molecule has 0 spiro atoms. The minimum absolute atomic E-state index is 0.101. The van der Waals surface area contributed by atoms with Gasteiger partial charge in [0.25, 0.3) is 0 Å². The molecule has 0 radical (unpaired) electrons. The van der Waals surface area contributed by atoms with Crippen LogP contribution >= 0.6 is 0 Å². The average Bonchev–Trinajstić information content (AvgIpc) is 2.65. The third kappa shape index (κ3) is 1.91. The summed E-state index contributed by atoms with van der Waals surface area (Å²) in [5, 5.41) is 9.93. The Bertz CT molecular complexity index is 291. The van der Waals surface area contributed by atoms with E-state index in [1.807, 2.05) is 6.92 Å². The lowest BCUT2D eigenvalue weighted by molar-refractivity contribution is -0.0300. The molecule has 0 aromatic carbocycles. The van der Waals surface area contributed by atoms with E-state index in [4.69, 9.17) is 4.74 Å². The maximum Gasteiger partial charge on any atom is 0.115 e. The fraction of sp³-hybridized carbons (Fsp3) is 0.600. The van der Waals surface area contributed by atoms with E-state index < -0.39 is 6.10 Å². The number of aliphatic hydroxyl groups excluding tert-OH is 1. The summed E-state index contributed by atoms with van der Waals surface area (Å²) in [5.41, 5.74) is 0.728. The van der Waals surface area contributed by atoms with Crippen molar-refractivity contribution in [2.45, 2.75) is 38.1 Å². The van der Waals surface area contributed by atoms with Crippen molar-refractivity contribution in [2.75, 3.05) is 0 Å². The van der Waals surface area contributed by atoms with Crippen LogP contribution in [0.5, 0.6) is 0 Å². The molecule has 3 atom stereocenters. The molecule has 2 heterocycles. The normalized spacial score (nSPS) is 29.0. The van der Waals surface area contributed by atoms with E-state index in [1.54, 1.807) is 12.4 Å². The molecule has 1 aromatic rings. The van der Waals surface area contributed by atoms with Gasteiger partial charge in [-0.05, 0) is 19.8 Å². The summed E-state index contributed by atoms with van der Waals surface area (Å²) in [6.07, 6.45) is 6.17. The van der Waals surface area contributed by atoms with Gasteiger partial charge in [0.15, 0.2) is 0 Å². The second-order valence-electron chi connectivity index (χ2n) is 3.68. The van der Waals surface area contributed by atoms with Crippen LogP contribution < -0.4 is 0 Å². The smallest absolute Gasteiger partial charge is 0.115 e. The van der Waals surface area contributed by atoms with Crippen molar-refractivity contribution < 1.29 is 9.84 Å².